The molecule has 0 unspecified atom stereocenters. The maximum Gasteiger partial charge on any atom is 0.148 e. The highest BCUT2D eigenvalue weighted by molar-refractivity contribution is 7.12. The molecule has 108 valence electrons. The van der Waals surface area contributed by atoms with Crippen LogP contribution in [0, 0.1) is 13.8 Å². The fraction of sp³-hybridized carbons (Fsp3) is 0.429. The summed E-state index contributed by atoms with van der Waals surface area (Å²) < 4.78 is 0. The largest absolute Gasteiger partial charge is 0.365 e. The molecular weight excluding hydrogens is 270 g/mol. The van der Waals surface area contributed by atoms with Crippen LogP contribution >= 0.6 is 11.3 Å². The predicted molar refractivity (Wildman–Crippen MR) is 85.0 cm³/mol. The van der Waals surface area contributed by atoms with Gasteiger partial charge in [-0.15, -0.1) is 11.3 Å². The Bertz CT molecular complexity index is 559. The van der Waals surface area contributed by atoms with Gasteiger partial charge in [-0.05, 0) is 31.9 Å². The molecule has 0 radical (unpaired) electrons. The van der Waals surface area contributed by atoms with Gasteiger partial charge < -0.3 is 10.7 Å². The number of aryl methyl sites for hydroxylation is 2. The quantitative estimate of drug-likeness (QED) is 0.563. The summed E-state index contributed by atoms with van der Waals surface area (Å²) in [6.45, 7) is 7.19. The summed E-state index contributed by atoms with van der Waals surface area (Å²) in [5.41, 5.74) is 5.03. The third kappa shape index (κ3) is 3.26. The average Bonchev–Trinajstić information content (AvgIpc) is 2.77. The van der Waals surface area contributed by atoms with Crippen LogP contribution in [-0.4, -0.2) is 9.97 Å². The van der Waals surface area contributed by atoms with E-state index in [0.29, 0.717) is 5.82 Å². The normalized spacial score (nSPS) is 10.6. The van der Waals surface area contributed by atoms with Crippen molar-refractivity contribution in [3.63, 3.8) is 0 Å². The lowest BCUT2D eigenvalue weighted by atomic mass is 10.1. The first kappa shape index (κ1) is 14.7. The molecule has 0 saturated carbocycles. The zero-order valence-electron chi connectivity index (χ0n) is 12.2. The molecule has 5 nitrogen and oxygen atoms in total. The van der Waals surface area contributed by atoms with E-state index in [4.69, 9.17) is 5.84 Å². The van der Waals surface area contributed by atoms with E-state index in [2.05, 4.69) is 47.5 Å². The molecule has 2 rings (SSSR count). The zero-order chi connectivity index (χ0) is 14.5. The third-order valence-corrected chi connectivity index (χ3v) is 4.38. The highest BCUT2D eigenvalue weighted by Gasteiger charge is 2.10. The van der Waals surface area contributed by atoms with Gasteiger partial charge in [0.05, 0.1) is 6.54 Å². The van der Waals surface area contributed by atoms with Crippen LogP contribution in [0.4, 0.5) is 11.6 Å². The maximum absolute atomic E-state index is 5.51. The minimum absolute atomic E-state index is 0.697. The second-order valence-electron chi connectivity index (χ2n) is 4.75. The number of nitrogens with two attached hydrogens (primary N) is 1. The summed E-state index contributed by atoms with van der Waals surface area (Å²) >= 11 is 1.82. The molecule has 0 fully saturated rings. The van der Waals surface area contributed by atoms with E-state index in [1.807, 2.05) is 11.3 Å². The molecule has 0 aliphatic rings. The van der Waals surface area contributed by atoms with Gasteiger partial charge in [-0.25, -0.2) is 15.8 Å². The standard InChI is InChI=1S/C14H21N5S/c1-4-5-12-13(17-8-18-14(12)19-15)16-7-11-6-9(2)10(3)20-11/h6,8H,4-5,7,15H2,1-3H3,(H2,16,17,18,19). The lowest BCUT2D eigenvalue weighted by Gasteiger charge is -2.12. The van der Waals surface area contributed by atoms with Crippen molar-refractivity contribution in [2.45, 2.75) is 40.2 Å². The Morgan fingerprint density at radius 3 is 2.60 bits per heavy atom. The molecule has 0 spiro atoms. The molecule has 2 aromatic rings. The molecule has 2 aromatic heterocycles. The van der Waals surface area contributed by atoms with Crippen LogP contribution in [0.1, 0.15) is 34.2 Å². The lowest BCUT2D eigenvalue weighted by Crippen LogP contribution is -2.14. The maximum atomic E-state index is 5.51. The molecule has 0 saturated heterocycles. The fourth-order valence-corrected chi connectivity index (χ4v) is 3.08. The summed E-state index contributed by atoms with van der Waals surface area (Å²) in [5.74, 6) is 7.07. The number of hydrogen-bond acceptors (Lipinski definition) is 6. The number of nitrogens with zero attached hydrogens (tertiary/aromatic N) is 2. The van der Waals surface area contributed by atoms with Crippen LogP contribution < -0.4 is 16.6 Å². The molecule has 0 bridgehead atoms. The Labute approximate surface area is 123 Å². The summed E-state index contributed by atoms with van der Waals surface area (Å²) in [5, 5.41) is 3.39. The Morgan fingerprint density at radius 2 is 2.00 bits per heavy atom. The third-order valence-electron chi connectivity index (χ3n) is 3.23. The number of thiophene rings is 1. The first-order valence-corrected chi connectivity index (χ1v) is 7.57. The van der Waals surface area contributed by atoms with Crippen molar-refractivity contribution in [3.05, 3.63) is 33.3 Å². The van der Waals surface area contributed by atoms with E-state index in [1.54, 1.807) is 0 Å². The number of rotatable bonds is 6. The van der Waals surface area contributed by atoms with E-state index in [1.165, 1.54) is 21.6 Å². The van der Waals surface area contributed by atoms with Gasteiger partial charge >= 0.3 is 0 Å². The number of hydrogen-bond donors (Lipinski definition) is 3. The molecule has 0 aromatic carbocycles. The van der Waals surface area contributed by atoms with Crippen molar-refractivity contribution < 1.29 is 0 Å². The van der Waals surface area contributed by atoms with Crippen molar-refractivity contribution >= 4 is 23.0 Å². The molecule has 0 aliphatic carbocycles. The molecule has 20 heavy (non-hydrogen) atoms. The van der Waals surface area contributed by atoms with Crippen molar-refractivity contribution in [2.24, 2.45) is 5.84 Å². The first-order chi connectivity index (χ1) is 9.65. The molecule has 6 heteroatoms. The lowest BCUT2D eigenvalue weighted by molar-refractivity contribution is 0.897. The molecule has 0 aliphatic heterocycles. The van der Waals surface area contributed by atoms with Gasteiger partial charge in [-0.3, -0.25) is 0 Å². The topological polar surface area (TPSA) is 75.9 Å². The van der Waals surface area contributed by atoms with Crippen LogP contribution in [0.3, 0.4) is 0 Å². The van der Waals surface area contributed by atoms with Crippen LogP contribution in [-0.2, 0) is 13.0 Å². The van der Waals surface area contributed by atoms with Gasteiger partial charge in [0.25, 0.3) is 0 Å². The molecule has 0 amide bonds. The Balaban J connectivity index is 2.16. The molecule has 4 N–H and O–H groups in total. The van der Waals surface area contributed by atoms with E-state index in [-0.39, 0.29) is 0 Å². The Morgan fingerprint density at radius 1 is 1.25 bits per heavy atom. The van der Waals surface area contributed by atoms with E-state index < -0.39 is 0 Å². The highest BCUT2D eigenvalue weighted by atomic mass is 32.1. The monoisotopic (exact) mass is 291 g/mol. The van der Waals surface area contributed by atoms with Gasteiger partial charge in [-0.1, -0.05) is 13.3 Å². The minimum atomic E-state index is 0.697. The fourth-order valence-electron chi connectivity index (χ4n) is 2.08. The molecule has 2 heterocycles. The van der Waals surface area contributed by atoms with E-state index in [0.717, 1.165) is 30.8 Å². The van der Waals surface area contributed by atoms with E-state index in [9.17, 15) is 0 Å². The van der Waals surface area contributed by atoms with Crippen LogP contribution in [0.2, 0.25) is 0 Å². The van der Waals surface area contributed by atoms with Crippen LogP contribution in [0.25, 0.3) is 0 Å². The Kier molecular flexibility index (Phi) is 4.92. The summed E-state index contributed by atoms with van der Waals surface area (Å²) in [6.07, 6.45) is 3.45. The summed E-state index contributed by atoms with van der Waals surface area (Å²) in [6, 6.07) is 2.22. The number of aromatic nitrogens is 2. The van der Waals surface area contributed by atoms with Gasteiger partial charge in [0.1, 0.15) is 18.0 Å². The van der Waals surface area contributed by atoms with Crippen LogP contribution in [0.5, 0.6) is 0 Å². The molecular formula is C14H21N5S. The van der Waals surface area contributed by atoms with Gasteiger partial charge in [0.15, 0.2) is 0 Å². The number of anilines is 2. The van der Waals surface area contributed by atoms with Crippen molar-refractivity contribution in [1.29, 1.82) is 0 Å². The van der Waals surface area contributed by atoms with Gasteiger partial charge in [0, 0.05) is 15.3 Å². The van der Waals surface area contributed by atoms with Gasteiger partial charge in [0.2, 0.25) is 0 Å². The number of nitrogen functional groups attached to an aromatic ring is 1. The first-order valence-electron chi connectivity index (χ1n) is 6.76. The second kappa shape index (κ2) is 6.67. The predicted octanol–water partition coefficient (Wildman–Crippen LogP) is 3.01. The number of hydrazine groups is 1. The smallest absolute Gasteiger partial charge is 0.148 e. The summed E-state index contributed by atoms with van der Waals surface area (Å²) in [7, 11) is 0. The average molecular weight is 291 g/mol. The Hall–Kier alpha value is -1.66. The highest BCUT2D eigenvalue weighted by Crippen LogP contribution is 2.24. The SMILES string of the molecule is CCCc1c(NN)ncnc1NCc1cc(C)c(C)s1. The molecule has 0 atom stereocenters. The zero-order valence-corrected chi connectivity index (χ0v) is 13.0. The second-order valence-corrected chi connectivity index (χ2v) is 6.09. The van der Waals surface area contributed by atoms with Crippen molar-refractivity contribution in [2.75, 3.05) is 10.7 Å². The van der Waals surface area contributed by atoms with Gasteiger partial charge in [-0.2, -0.15) is 0 Å². The van der Waals surface area contributed by atoms with Crippen LogP contribution in [0.15, 0.2) is 12.4 Å². The van der Waals surface area contributed by atoms with Crippen molar-refractivity contribution in [1.82, 2.24) is 9.97 Å². The van der Waals surface area contributed by atoms with Crippen molar-refractivity contribution in [3.8, 4) is 0 Å². The number of nitrogens with one attached hydrogen (secondary N) is 2. The van der Waals surface area contributed by atoms with E-state index >= 15 is 0 Å². The minimum Gasteiger partial charge on any atom is -0.365 e. The summed E-state index contributed by atoms with van der Waals surface area (Å²) in [4.78, 5) is 11.2.